The summed E-state index contributed by atoms with van der Waals surface area (Å²) in [6.07, 6.45) is 1.82. The predicted octanol–water partition coefficient (Wildman–Crippen LogP) is 2.84. The summed E-state index contributed by atoms with van der Waals surface area (Å²) in [4.78, 5) is 8.68. The van der Waals surface area contributed by atoms with Gasteiger partial charge in [0.2, 0.25) is 5.95 Å². The molecule has 0 aliphatic carbocycles. The second-order valence-corrected chi connectivity index (χ2v) is 4.46. The summed E-state index contributed by atoms with van der Waals surface area (Å²) < 4.78 is 5.14. The maximum absolute atomic E-state index is 5.14. The molecule has 0 radical (unpaired) electrons. The van der Waals surface area contributed by atoms with E-state index in [1.807, 2.05) is 44.3 Å². The Morgan fingerprint density at radius 2 is 1.90 bits per heavy atom. The molecule has 1 aromatic heterocycles. The van der Waals surface area contributed by atoms with Crippen molar-refractivity contribution in [3.8, 4) is 5.75 Å². The van der Waals surface area contributed by atoms with Gasteiger partial charge in [-0.05, 0) is 31.5 Å². The second kappa shape index (κ2) is 6.75. The van der Waals surface area contributed by atoms with Crippen LogP contribution in [0.4, 0.5) is 11.8 Å². The summed E-state index contributed by atoms with van der Waals surface area (Å²) in [7, 11) is 1.67. The molecule has 2 N–H and O–H groups in total. The van der Waals surface area contributed by atoms with Crippen LogP contribution in [-0.2, 0) is 6.54 Å². The SMILES string of the molecule is CCNc1ncc(C)c(NCc2ccc(OC)cc2)n1. The van der Waals surface area contributed by atoms with Crippen molar-refractivity contribution in [2.24, 2.45) is 0 Å². The van der Waals surface area contributed by atoms with E-state index >= 15 is 0 Å². The third kappa shape index (κ3) is 3.60. The van der Waals surface area contributed by atoms with Gasteiger partial charge < -0.3 is 15.4 Å². The highest BCUT2D eigenvalue weighted by molar-refractivity contribution is 5.47. The Bertz CT molecular complexity index is 554. The van der Waals surface area contributed by atoms with Crippen LogP contribution in [0.25, 0.3) is 0 Å². The van der Waals surface area contributed by atoms with E-state index in [2.05, 4.69) is 20.6 Å². The number of hydrogen-bond donors (Lipinski definition) is 2. The summed E-state index contributed by atoms with van der Waals surface area (Å²) >= 11 is 0. The second-order valence-electron chi connectivity index (χ2n) is 4.46. The fourth-order valence-corrected chi connectivity index (χ4v) is 1.79. The molecule has 0 unspecified atom stereocenters. The van der Waals surface area contributed by atoms with Gasteiger partial charge in [-0.15, -0.1) is 0 Å². The Morgan fingerprint density at radius 1 is 1.15 bits per heavy atom. The third-order valence-corrected chi connectivity index (χ3v) is 2.93. The molecule has 0 aliphatic rings. The number of ether oxygens (including phenoxy) is 1. The monoisotopic (exact) mass is 272 g/mol. The zero-order chi connectivity index (χ0) is 14.4. The van der Waals surface area contributed by atoms with Gasteiger partial charge in [0.1, 0.15) is 11.6 Å². The van der Waals surface area contributed by atoms with Gasteiger partial charge in [0.25, 0.3) is 0 Å². The van der Waals surface area contributed by atoms with E-state index in [0.717, 1.165) is 23.7 Å². The van der Waals surface area contributed by atoms with Crippen LogP contribution in [0.5, 0.6) is 5.75 Å². The lowest BCUT2D eigenvalue weighted by atomic mass is 10.2. The minimum atomic E-state index is 0.648. The number of aromatic nitrogens is 2. The fraction of sp³-hybridized carbons (Fsp3) is 0.333. The number of nitrogens with one attached hydrogen (secondary N) is 2. The number of aryl methyl sites for hydroxylation is 1. The van der Waals surface area contributed by atoms with Crippen LogP contribution in [0.3, 0.4) is 0 Å². The van der Waals surface area contributed by atoms with Crippen molar-refractivity contribution >= 4 is 11.8 Å². The molecule has 0 spiro atoms. The Labute approximate surface area is 119 Å². The molecule has 0 bridgehead atoms. The first kappa shape index (κ1) is 14.1. The molecule has 0 atom stereocenters. The summed E-state index contributed by atoms with van der Waals surface area (Å²) in [6, 6.07) is 7.98. The number of nitrogens with zero attached hydrogens (tertiary/aromatic N) is 2. The van der Waals surface area contributed by atoms with Crippen LogP contribution in [0.15, 0.2) is 30.5 Å². The number of hydrogen-bond acceptors (Lipinski definition) is 5. The van der Waals surface area contributed by atoms with Crippen molar-refractivity contribution < 1.29 is 4.74 Å². The van der Waals surface area contributed by atoms with Crippen molar-refractivity contribution in [3.63, 3.8) is 0 Å². The molecule has 0 amide bonds. The van der Waals surface area contributed by atoms with Crippen LogP contribution < -0.4 is 15.4 Å². The van der Waals surface area contributed by atoms with Crippen molar-refractivity contribution in [2.75, 3.05) is 24.3 Å². The summed E-state index contributed by atoms with van der Waals surface area (Å²) in [5.41, 5.74) is 2.20. The lowest BCUT2D eigenvalue weighted by Crippen LogP contribution is -2.08. The van der Waals surface area contributed by atoms with Crippen LogP contribution in [0, 0.1) is 6.92 Å². The highest BCUT2D eigenvalue weighted by Gasteiger charge is 2.03. The van der Waals surface area contributed by atoms with E-state index in [1.54, 1.807) is 7.11 Å². The van der Waals surface area contributed by atoms with Gasteiger partial charge in [-0.3, -0.25) is 0 Å². The van der Waals surface area contributed by atoms with Crippen molar-refractivity contribution in [3.05, 3.63) is 41.6 Å². The molecule has 5 nitrogen and oxygen atoms in total. The van der Waals surface area contributed by atoms with E-state index in [1.165, 1.54) is 5.56 Å². The van der Waals surface area contributed by atoms with Gasteiger partial charge in [0.15, 0.2) is 0 Å². The molecule has 0 fully saturated rings. The maximum Gasteiger partial charge on any atom is 0.224 e. The zero-order valence-electron chi connectivity index (χ0n) is 12.1. The van der Waals surface area contributed by atoms with Crippen molar-refractivity contribution in [1.29, 1.82) is 0 Å². The lowest BCUT2D eigenvalue weighted by molar-refractivity contribution is 0.414. The number of anilines is 2. The normalized spacial score (nSPS) is 10.2. The highest BCUT2D eigenvalue weighted by Crippen LogP contribution is 2.15. The lowest BCUT2D eigenvalue weighted by Gasteiger charge is -2.10. The van der Waals surface area contributed by atoms with Gasteiger partial charge in [-0.2, -0.15) is 4.98 Å². The summed E-state index contributed by atoms with van der Waals surface area (Å²) in [6.45, 7) is 5.54. The van der Waals surface area contributed by atoms with Gasteiger partial charge in [0, 0.05) is 24.8 Å². The van der Waals surface area contributed by atoms with Crippen LogP contribution >= 0.6 is 0 Å². The van der Waals surface area contributed by atoms with Crippen molar-refractivity contribution in [2.45, 2.75) is 20.4 Å². The molecular weight excluding hydrogens is 252 g/mol. The maximum atomic E-state index is 5.14. The van der Waals surface area contributed by atoms with Crippen molar-refractivity contribution in [1.82, 2.24) is 9.97 Å². The average Bonchev–Trinajstić information content (AvgIpc) is 2.48. The van der Waals surface area contributed by atoms with Crippen LogP contribution in [0.1, 0.15) is 18.1 Å². The quantitative estimate of drug-likeness (QED) is 0.846. The molecule has 1 heterocycles. The highest BCUT2D eigenvalue weighted by atomic mass is 16.5. The van der Waals surface area contributed by atoms with E-state index in [9.17, 15) is 0 Å². The molecule has 2 aromatic rings. The largest absolute Gasteiger partial charge is 0.497 e. The van der Waals surface area contributed by atoms with Gasteiger partial charge >= 0.3 is 0 Å². The Kier molecular flexibility index (Phi) is 4.76. The summed E-state index contributed by atoms with van der Waals surface area (Å²) in [5, 5.41) is 6.44. The molecule has 20 heavy (non-hydrogen) atoms. The van der Waals surface area contributed by atoms with E-state index < -0.39 is 0 Å². The first-order chi connectivity index (χ1) is 9.72. The third-order valence-electron chi connectivity index (χ3n) is 2.93. The molecular formula is C15H20N4O. The van der Waals surface area contributed by atoms with Gasteiger partial charge in [-0.1, -0.05) is 12.1 Å². The van der Waals surface area contributed by atoms with E-state index in [-0.39, 0.29) is 0 Å². The minimum Gasteiger partial charge on any atom is -0.497 e. The molecule has 1 aromatic carbocycles. The molecule has 2 rings (SSSR count). The summed E-state index contributed by atoms with van der Waals surface area (Å²) in [5.74, 6) is 2.36. The van der Waals surface area contributed by atoms with Crippen LogP contribution in [0.2, 0.25) is 0 Å². The number of rotatable bonds is 6. The first-order valence-electron chi connectivity index (χ1n) is 6.67. The molecule has 0 aliphatic heterocycles. The van der Waals surface area contributed by atoms with E-state index in [4.69, 9.17) is 4.74 Å². The zero-order valence-corrected chi connectivity index (χ0v) is 12.1. The molecule has 5 heteroatoms. The first-order valence-corrected chi connectivity index (χ1v) is 6.67. The molecule has 106 valence electrons. The predicted molar refractivity (Wildman–Crippen MR) is 81.3 cm³/mol. The Morgan fingerprint density at radius 3 is 2.55 bits per heavy atom. The molecule has 0 saturated heterocycles. The Balaban J connectivity index is 2.03. The smallest absolute Gasteiger partial charge is 0.224 e. The number of benzene rings is 1. The Hall–Kier alpha value is -2.30. The van der Waals surface area contributed by atoms with Gasteiger partial charge in [0.05, 0.1) is 7.11 Å². The topological polar surface area (TPSA) is 59.1 Å². The fourth-order valence-electron chi connectivity index (χ4n) is 1.79. The average molecular weight is 272 g/mol. The van der Waals surface area contributed by atoms with Gasteiger partial charge in [-0.25, -0.2) is 4.98 Å². The number of methoxy groups -OCH3 is 1. The van der Waals surface area contributed by atoms with E-state index in [0.29, 0.717) is 12.5 Å². The minimum absolute atomic E-state index is 0.648. The molecule has 0 saturated carbocycles. The van der Waals surface area contributed by atoms with Crippen LogP contribution in [-0.4, -0.2) is 23.6 Å². The standard InChI is InChI=1S/C15H20N4O/c1-4-16-15-18-9-11(2)14(19-15)17-10-12-5-7-13(20-3)8-6-12/h5-9H,4,10H2,1-3H3,(H2,16,17,18,19).